The summed E-state index contributed by atoms with van der Waals surface area (Å²) in [5.74, 6) is -0.301. The van der Waals surface area contributed by atoms with E-state index in [2.05, 4.69) is 15.3 Å². The maximum Gasteiger partial charge on any atom is 0.186 e. The highest BCUT2D eigenvalue weighted by Gasteiger charge is 2.11. The van der Waals surface area contributed by atoms with Gasteiger partial charge < -0.3 is 5.32 Å². The summed E-state index contributed by atoms with van der Waals surface area (Å²) < 4.78 is 26.3. The maximum atomic E-state index is 13.5. The van der Waals surface area contributed by atoms with E-state index >= 15 is 0 Å². The molecule has 0 aliphatic heterocycles. The summed E-state index contributed by atoms with van der Waals surface area (Å²) in [6.07, 6.45) is 0. The molecule has 0 radical (unpaired) electrons. The molecule has 88 valence electrons. The number of aromatic nitrogens is 2. The Morgan fingerprint density at radius 3 is 2.29 bits per heavy atom. The Labute approximate surface area is 97.5 Å². The van der Waals surface area contributed by atoms with Crippen LogP contribution in [0.3, 0.4) is 0 Å². The molecule has 1 N–H and O–H groups in total. The molecule has 0 amide bonds. The van der Waals surface area contributed by atoms with Crippen molar-refractivity contribution in [3.05, 3.63) is 41.6 Å². The summed E-state index contributed by atoms with van der Waals surface area (Å²) in [4.78, 5) is 8.06. The molecule has 1 aromatic heterocycles. The van der Waals surface area contributed by atoms with Gasteiger partial charge in [-0.2, -0.15) is 0 Å². The monoisotopic (exact) mass is 235 g/mol. The SMILES string of the molecule is CNc1nc(-c2ccc(F)cc2)nc(C)c1F. The van der Waals surface area contributed by atoms with Gasteiger partial charge in [-0.25, -0.2) is 18.7 Å². The van der Waals surface area contributed by atoms with Crippen LogP contribution in [0.5, 0.6) is 0 Å². The van der Waals surface area contributed by atoms with E-state index in [1.54, 1.807) is 26.1 Å². The number of aryl methyl sites for hydroxylation is 1. The lowest BCUT2D eigenvalue weighted by Crippen LogP contribution is -2.03. The molecule has 0 atom stereocenters. The van der Waals surface area contributed by atoms with Gasteiger partial charge in [-0.05, 0) is 31.2 Å². The van der Waals surface area contributed by atoms with Gasteiger partial charge in [-0.15, -0.1) is 0 Å². The predicted octanol–water partition coefficient (Wildman–Crippen LogP) is 2.77. The molecule has 3 nitrogen and oxygen atoms in total. The standard InChI is InChI=1S/C12H11F2N3/c1-7-10(14)12(15-2)17-11(16-7)8-3-5-9(13)6-4-8/h3-6H,1-2H3,(H,15,16,17). The van der Waals surface area contributed by atoms with Gasteiger partial charge in [0.05, 0.1) is 5.69 Å². The Morgan fingerprint density at radius 1 is 1.06 bits per heavy atom. The molecule has 0 unspecified atom stereocenters. The van der Waals surface area contributed by atoms with Gasteiger partial charge in [0.25, 0.3) is 0 Å². The van der Waals surface area contributed by atoms with Crippen molar-refractivity contribution < 1.29 is 8.78 Å². The van der Waals surface area contributed by atoms with Crippen LogP contribution in [-0.4, -0.2) is 17.0 Å². The molecule has 1 aromatic carbocycles. The van der Waals surface area contributed by atoms with Gasteiger partial charge in [-0.3, -0.25) is 0 Å². The third-order valence-electron chi connectivity index (χ3n) is 2.36. The molecule has 0 spiro atoms. The number of rotatable bonds is 2. The van der Waals surface area contributed by atoms with E-state index < -0.39 is 5.82 Å². The first-order valence-corrected chi connectivity index (χ1v) is 5.09. The van der Waals surface area contributed by atoms with Crippen molar-refractivity contribution in [3.8, 4) is 11.4 Å². The van der Waals surface area contributed by atoms with Crippen LogP contribution in [-0.2, 0) is 0 Å². The molecular weight excluding hydrogens is 224 g/mol. The molecule has 0 aliphatic rings. The normalized spacial score (nSPS) is 10.4. The molecule has 2 rings (SSSR count). The van der Waals surface area contributed by atoms with Crippen molar-refractivity contribution in [2.75, 3.05) is 12.4 Å². The quantitative estimate of drug-likeness (QED) is 0.869. The minimum atomic E-state index is -0.474. The zero-order valence-corrected chi connectivity index (χ0v) is 9.46. The van der Waals surface area contributed by atoms with E-state index in [1.165, 1.54) is 12.1 Å². The van der Waals surface area contributed by atoms with Crippen molar-refractivity contribution in [1.82, 2.24) is 9.97 Å². The van der Waals surface area contributed by atoms with Crippen LogP contribution in [0.1, 0.15) is 5.69 Å². The molecule has 0 saturated carbocycles. The Hall–Kier alpha value is -2.04. The number of halogens is 2. The van der Waals surface area contributed by atoms with Crippen molar-refractivity contribution in [2.24, 2.45) is 0 Å². The van der Waals surface area contributed by atoms with Gasteiger partial charge in [0, 0.05) is 12.6 Å². The van der Waals surface area contributed by atoms with Gasteiger partial charge in [0.15, 0.2) is 17.5 Å². The van der Waals surface area contributed by atoms with E-state index in [0.29, 0.717) is 11.4 Å². The zero-order chi connectivity index (χ0) is 12.4. The number of hydrogen-bond acceptors (Lipinski definition) is 3. The number of benzene rings is 1. The molecule has 1 heterocycles. The van der Waals surface area contributed by atoms with Crippen LogP contribution in [0.2, 0.25) is 0 Å². The third kappa shape index (κ3) is 2.22. The average molecular weight is 235 g/mol. The van der Waals surface area contributed by atoms with Crippen LogP contribution in [0.4, 0.5) is 14.6 Å². The first kappa shape index (κ1) is 11.4. The number of nitrogens with zero attached hydrogens (tertiary/aromatic N) is 2. The highest BCUT2D eigenvalue weighted by Crippen LogP contribution is 2.20. The lowest BCUT2D eigenvalue weighted by atomic mass is 10.2. The van der Waals surface area contributed by atoms with Gasteiger partial charge in [-0.1, -0.05) is 0 Å². The lowest BCUT2D eigenvalue weighted by Gasteiger charge is -2.07. The fourth-order valence-corrected chi connectivity index (χ4v) is 1.45. The largest absolute Gasteiger partial charge is 0.371 e. The molecule has 0 fully saturated rings. The second kappa shape index (κ2) is 4.45. The zero-order valence-electron chi connectivity index (χ0n) is 9.46. The van der Waals surface area contributed by atoms with Crippen LogP contribution in [0.25, 0.3) is 11.4 Å². The van der Waals surface area contributed by atoms with Crippen LogP contribution in [0.15, 0.2) is 24.3 Å². The number of anilines is 1. The summed E-state index contributed by atoms with van der Waals surface area (Å²) in [6, 6.07) is 5.75. The van der Waals surface area contributed by atoms with E-state index in [9.17, 15) is 8.78 Å². The first-order chi connectivity index (χ1) is 8.11. The minimum absolute atomic E-state index is 0.136. The summed E-state index contributed by atoms with van der Waals surface area (Å²) in [5.41, 5.74) is 0.898. The summed E-state index contributed by atoms with van der Waals surface area (Å²) in [5, 5.41) is 2.66. The predicted molar refractivity (Wildman–Crippen MR) is 61.7 cm³/mol. The van der Waals surface area contributed by atoms with E-state index in [0.717, 1.165) is 0 Å². The van der Waals surface area contributed by atoms with Gasteiger partial charge in [0.2, 0.25) is 0 Å². The fourth-order valence-electron chi connectivity index (χ4n) is 1.45. The summed E-state index contributed by atoms with van der Waals surface area (Å²) in [7, 11) is 1.58. The lowest BCUT2D eigenvalue weighted by molar-refractivity contribution is 0.607. The van der Waals surface area contributed by atoms with Crippen molar-refractivity contribution in [1.29, 1.82) is 0 Å². The van der Waals surface area contributed by atoms with Crippen LogP contribution >= 0.6 is 0 Å². The highest BCUT2D eigenvalue weighted by molar-refractivity contribution is 5.57. The van der Waals surface area contributed by atoms with Crippen molar-refractivity contribution >= 4 is 5.82 Å². The van der Waals surface area contributed by atoms with E-state index in [4.69, 9.17) is 0 Å². The molecular formula is C12H11F2N3. The van der Waals surface area contributed by atoms with Crippen molar-refractivity contribution in [3.63, 3.8) is 0 Å². The Bertz CT molecular complexity index is 538. The van der Waals surface area contributed by atoms with Crippen LogP contribution in [0, 0.1) is 18.6 Å². The fraction of sp³-hybridized carbons (Fsp3) is 0.167. The molecule has 0 saturated heterocycles. The Balaban J connectivity index is 2.52. The number of hydrogen-bond donors (Lipinski definition) is 1. The van der Waals surface area contributed by atoms with E-state index in [1.807, 2.05) is 0 Å². The maximum absolute atomic E-state index is 13.5. The molecule has 5 heteroatoms. The second-order valence-electron chi connectivity index (χ2n) is 3.55. The number of nitrogens with one attached hydrogen (secondary N) is 1. The topological polar surface area (TPSA) is 37.8 Å². The van der Waals surface area contributed by atoms with Crippen molar-refractivity contribution in [2.45, 2.75) is 6.92 Å². The molecule has 2 aromatic rings. The molecule has 0 bridgehead atoms. The average Bonchev–Trinajstić information content (AvgIpc) is 2.33. The highest BCUT2D eigenvalue weighted by atomic mass is 19.1. The molecule has 17 heavy (non-hydrogen) atoms. The second-order valence-corrected chi connectivity index (χ2v) is 3.55. The summed E-state index contributed by atoms with van der Waals surface area (Å²) in [6.45, 7) is 1.56. The first-order valence-electron chi connectivity index (χ1n) is 5.09. The molecule has 0 aliphatic carbocycles. The third-order valence-corrected chi connectivity index (χ3v) is 2.36. The van der Waals surface area contributed by atoms with Crippen LogP contribution < -0.4 is 5.32 Å². The summed E-state index contributed by atoms with van der Waals surface area (Å²) >= 11 is 0. The smallest absolute Gasteiger partial charge is 0.186 e. The van der Waals surface area contributed by atoms with Gasteiger partial charge in [0.1, 0.15) is 5.82 Å². The van der Waals surface area contributed by atoms with Gasteiger partial charge >= 0.3 is 0 Å². The minimum Gasteiger partial charge on any atom is -0.371 e. The van der Waals surface area contributed by atoms with E-state index in [-0.39, 0.29) is 17.3 Å². The Morgan fingerprint density at radius 2 is 1.71 bits per heavy atom. The Kier molecular flexibility index (Phi) is 2.99.